The Balaban J connectivity index is 0.000000265. The second-order valence-corrected chi connectivity index (χ2v) is 7.68. The van der Waals surface area contributed by atoms with Crippen molar-refractivity contribution in [1.29, 1.82) is 0 Å². The first-order valence-electron chi connectivity index (χ1n) is 10.6. The number of anilines is 1. The van der Waals surface area contributed by atoms with Gasteiger partial charge in [0.15, 0.2) is 0 Å². The molecule has 0 saturated carbocycles. The quantitative estimate of drug-likeness (QED) is 0.527. The lowest BCUT2D eigenvalue weighted by Crippen LogP contribution is -2.17. The molecule has 32 heavy (non-hydrogen) atoms. The van der Waals surface area contributed by atoms with E-state index in [0.717, 1.165) is 36.0 Å². The molecule has 7 heteroatoms. The molecular weight excluding hydrogens is 408 g/mol. The number of nitrogens with one attached hydrogen (secondary N) is 1. The van der Waals surface area contributed by atoms with Gasteiger partial charge in [0.1, 0.15) is 11.9 Å². The van der Waals surface area contributed by atoms with E-state index in [4.69, 9.17) is 19.9 Å². The number of aliphatic carboxylic acids is 2. The van der Waals surface area contributed by atoms with Crippen LogP contribution in [0.2, 0.25) is 0 Å². The van der Waals surface area contributed by atoms with Crippen molar-refractivity contribution in [2.24, 2.45) is 0 Å². The molecule has 1 unspecified atom stereocenters. The topological polar surface area (TPSA) is 109 Å². The second kappa shape index (κ2) is 9.51. The first-order chi connectivity index (χ1) is 15.5. The van der Waals surface area contributed by atoms with Gasteiger partial charge in [-0.2, -0.15) is 0 Å². The molecule has 3 N–H and O–H groups in total. The Hall–Kier alpha value is -3.87. The van der Waals surface area contributed by atoms with Crippen LogP contribution in [0.5, 0.6) is 5.75 Å². The third-order valence-corrected chi connectivity index (χ3v) is 5.52. The molecular formula is C25H24N2O5. The summed E-state index contributed by atoms with van der Waals surface area (Å²) in [6, 6.07) is 16.7. The van der Waals surface area contributed by atoms with Crippen LogP contribution in [0, 0.1) is 0 Å². The number of rotatable bonds is 3. The number of nitrogens with zero attached hydrogens (tertiary/aromatic N) is 1. The van der Waals surface area contributed by atoms with E-state index < -0.39 is 11.9 Å². The average molecular weight is 432 g/mol. The molecule has 0 bridgehead atoms. The summed E-state index contributed by atoms with van der Waals surface area (Å²) in [5, 5.41) is 20.5. The normalized spacial score (nSPS) is 16.7. The van der Waals surface area contributed by atoms with Gasteiger partial charge in [0.05, 0.1) is 23.1 Å². The van der Waals surface area contributed by atoms with Crippen molar-refractivity contribution in [3.05, 3.63) is 77.5 Å². The summed E-state index contributed by atoms with van der Waals surface area (Å²) < 4.78 is 6.40. The van der Waals surface area contributed by atoms with Crippen molar-refractivity contribution in [2.75, 3.05) is 11.9 Å². The maximum atomic E-state index is 9.55. The van der Waals surface area contributed by atoms with E-state index >= 15 is 0 Å². The number of carboxylic acids is 2. The first-order valence-corrected chi connectivity index (χ1v) is 10.6. The van der Waals surface area contributed by atoms with Gasteiger partial charge in [-0.25, -0.2) is 9.59 Å². The Labute approximate surface area is 185 Å². The highest BCUT2D eigenvalue weighted by atomic mass is 16.5. The van der Waals surface area contributed by atoms with E-state index in [1.54, 1.807) is 0 Å². The number of fused-ring (bicyclic) bond motifs is 2. The number of ether oxygens (including phenoxy) is 1. The van der Waals surface area contributed by atoms with Crippen LogP contribution < -0.4 is 10.1 Å². The smallest absolute Gasteiger partial charge is 0.328 e. The maximum Gasteiger partial charge on any atom is 0.328 e. The summed E-state index contributed by atoms with van der Waals surface area (Å²) in [5.41, 5.74) is 6.18. The van der Waals surface area contributed by atoms with Crippen molar-refractivity contribution in [2.45, 2.75) is 31.8 Å². The lowest BCUT2D eigenvalue weighted by molar-refractivity contribution is -0.134. The van der Waals surface area contributed by atoms with Crippen molar-refractivity contribution >= 4 is 28.5 Å². The first kappa shape index (κ1) is 21.4. The molecule has 1 aliphatic carbocycles. The van der Waals surface area contributed by atoms with Crippen molar-refractivity contribution in [3.8, 4) is 5.75 Å². The van der Waals surface area contributed by atoms with Gasteiger partial charge in [-0.05, 0) is 48.9 Å². The Morgan fingerprint density at radius 2 is 1.69 bits per heavy atom. The van der Waals surface area contributed by atoms with Crippen LogP contribution in [0.3, 0.4) is 0 Å². The second-order valence-electron chi connectivity index (χ2n) is 7.68. The van der Waals surface area contributed by atoms with Gasteiger partial charge in [-0.15, -0.1) is 0 Å². The molecule has 2 heterocycles. The van der Waals surface area contributed by atoms with E-state index in [2.05, 4.69) is 47.8 Å². The van der Waals surface area contributed by atoms with Gasteiger partial charge >= 0.3 is 11.9 Å². The zero-order valence-corrected chi connectivity index (χ0v) is 17.5. The van der Waals surface area contributed by atoms with Crippen LogP contribution in [0.15, 0.2) is 60.7 Å². The Bertz CT molecular complexity index is 1160. The molecule has 7 nitrogen and oxygen atoms in total. The van der Waals surface area contributed by atoms with Gasteiger partial charge in [0.25, 0.3) is 0 Å². The highest BCUT2D eigenvalue weighted by molar-refractivity contribution is 5.98. The van der Waals surface area contributed by atoms with E-state index in [1.165, 1.54) is 35.3 Å². The third-order valence-electron chi connectivity index (χ3n) is 5.52. The minimum absolute atomic E-state index is 0.0171. The van der Waals surface area contributed by atoms with Crippen molar-refractivity contribution in [3.63, 3.8) is 0 Å². The van der Waals surface area contributed by atoms with Crippen LogP contribution in [-0.2, 0) is 22.4 Å². The Kier molecular flexibility index (Phi) is 6.35. The zero-order valence-electron chi connectivity index (χ0n) is 17.5. The molecule has 2 aromatic carbocycles. The number of carbonyl (C=O) groups is 2. The lowest BCUT2D eigenvalue weighted by atomic mass is 9.92. The predicted octanol–water partition coefficient (Wildman–Crippen LogP) is 4.37. The molecule has 0 spiro atoms. The summed E-state index contributed by atoms with van der Waals surface area (Å²) in [4.78, 5) is 24.0. The van der Waals surface area contributed by atoms with Gasteiger partial charge in [-0.3, -0.25) is 4.98 Å². The highest BCUT2D eigenvalue weighted by Crippen LogP contribution is 2.41. The molecule has 1 aliphatic heterocycles. The Morgan fingerprint density at radius 1 is 0.969 bits per heavy atom. The van der Waals surface area contributed by atoms with Gasteiger partial charge in [0, 0.05) is 17.8 Å². The van der Waals surface area contributed by atoms with E-state index in [0.29, 0.717) is 12.2 Å². The van der Waals surface area contributed by atoms with Crippen LogP contribution in [0.4, 0.5) is 5.69 Å². The number of pyridine rings is 1. The fourth-order valence-corrected chi connectivity index (χ4v) is 4.12. The minimum Gasteiger partial charge on any atom is -0.483 e. The maximum absolute atomic E-state index is 9.55. The Morgan fingerprint density at radius 3 is 2.41 bits per heavy atom. The fraction of sp³-hybridized carbons (Fsp3) is 0.240. The molecule has 1 atom stereocenters. The van der Waals surface area contributed by atoms with Crippen molar-refractivity contribution < 1.29 is 24.5 Å². The minimum atomic E-state index is -1.26. The number of benzene rings is 2. The van der Waals surface area contributed by atoms with Crippen LogP contribution in [0.1, 0.15) is 35.8 Å². The third kappa shape index (κ3) is 4.72. The molecule has 164 valence electrons. The number of aromatic nitrogens is 1. The fourth-order valence-electron chi connectivity index (χ4n) is 4.12. The molecule has 5 rings (SSSR count). The summed E-state index contributed by atoms with van der Waals surface area (Å²) in [5.74, 6) is -1.57. The summed E-state index contributed by atoms with van der Waals surface area (Å²) >= 11 is 0. The SMILES string of the molecule is O=C(O)C=CC(=O)O.c1ccc(C2CNc3c4c(nc5cccc(c35)O2)CCCC4)cc1. The molecule has 1 aromatic heterocycles. The van der Waals surface area contributed by atoms with E-state index in [1.807, 2.05) is 6.07 Å². The standard InChI is InChI=1S/C21H20N2O.C4H4O4/c1-2-7-14(8-3-1)19-13-22-21-15-9-4-5-10-16(15)23-17-11-6-12-18(24-19)20(17)21;5-3(6)1-2-4(7)8/h1-3,6-8,11-12,19,22H,4-5,9-10,13H2;1-2H,(H,5,6)(H,7,8). The molecule has 0 saturated heterocycles. The van der Waals surface area contributed by atoms with Crippen LogP contribution >= 0.6 is 0 Å². The number of carboxylic acid groups (broad SMARTS) is 2. The van der Waals surface area contributed by atoms with E-state index in [-0.39, 0.29) is 6.10 Å². The van der Waals surface area contributed by atoms with Gasteiger partial charge in [0.2, 0.25) is 0 Å². The molecule has 2 aliphatic rings. The van der Waals surface area contributed by atoms with E-state index in [9.17, 15) is 9.59 Å². The van der Waals surface area contributed by atoms with Crippen molar-refractivity contribution in [1.82, 2.24) is 4.98 Å². The lowest BCUT2D eigenvalue weighted by Gasteiger charge is -2.20. The summed E-state index contributed by atoms with van der Waals surface area (Å²) in [7, 11) is 0. The summed E-state index contributed by atoms with van der Waals surface area (Å²) in [6.07, 6.45) is 5.83. The molecule has 0 radical (unpaired) electrons. The zero-order chi connectivity index (χ0) is 22.5. The predicted molar refractivity (Wildman–Crippen MR) is 121 cm³/mol. The average Bonchev–Trinajstić information content (AvgIpc) is 3.00. The van der Waals surface area contributed by atoms with Crippen LogP contribution in [-0.4, -0.2) is 33.7 Å². The summed E-state index contributed by atoms with van der Waals surface area (Å²) in [6.45, 7) is 0.782. The van der Waals surface area contributed by atoms with Crippen LogP contribution in [0.25, 0.3) is 10.9 Å². The van der Waals surface area contributed by atoms with Gasteiger partial charge < -0.3 is 20.3 Å². The largest absolute Gasteiger partial charge is 0.483 e. The number of aryl methyl sites for hydroxylation is 1. The number of hydrogen-bond donors (Lipinski definition) is 3. The van der Waals surface area contributed by atoms with Gasteiger partial charge in [-0.1, -0.05) is 36.4 Å². The molecule has 0 fully saturated rings. The molecule has 3 aromatic rings. The molecule has 0 amide bonds. The monoisotopic (exact) mass is 432 g/mol. The highest BCUT2D eigenvalue weighted by Gasteiger charge is 2.25. The number of hydrogen-bond acceptors (Lipinski definition) is 5.